The Kier molecular flexibility index (Phi) is 5.98. The molecule has 0 N–H and O–H groups in total. The lowest BCUT2D eigenvalue weighted by Gasteiger charge is -2.18. The summed E-state index contributed by atoms with van der Waals surface area (Å²) in [4.78, 5) is 0. The summed E-state index contributed by atoms with van der Waals surface area (Å²) in [6, 6.07) is 67.0. The first kappa shape index (κ1) is 26.9. The van der Waals surface area contributed by atoms with Gasteiger partial charge in [0.2, 0.25) is 0 Å². The molecule has 0 atom stereocenters. The van der Waals surface area contributed by atoms with Gasteiger partial charge in [-0.1, -0.05) is 182 Å². The molecule has 10 aromatic carbocycles. The molecule has 0 radical (unpaired) electrons. The quantitative estimate of drug-likeness (QED) is 0.138. The van der Waals surface area contributed by atoms with Gasteiger partial charge in [-0.3, -0.25) is 0 Å². The monoisotopic (exact) mass is 606 g/mol. The molecule has 0 heterocycles. The summed E-state index contributed by atoms with van der Waals surface area (Å²) < 4.78 is 0. The van der Waals surface area contributed by atoms with Crippen molar-refractivity contribution >= 4 is 53.9 Å². The smallest absolute Gasteiger partial charge is 0.00206 e. The van der Waals surface area contributed by atoms with E-state index in [1.54, 1.807) is 0 Å². The Balaban J connectivity index is 1.13. The Morgan fingerprint density at radius 1 is 0.208 bits per heavy atom. The van der Waals surface area contributed by atoms with E-state index in [1.807, 2.05) is 0 Å². The summed E-state index contributed by atoms with van der Waals surface area (Å²) in [5.41, 5.74) is 10.0. The van der Waals surface area contributed by atoms with Crippen molar-refractivity contribution in [1.82, 2.24) is 0 Å². The molecule has 0 spiro atoms. The largest absolute Gasteiger partial charge is 0.0622 e. The second kappa shape index (κ2) is 10.7. The van der Waals surface area contributed by atoms with Gasteiger partial charge in [0.25, 0.3) is 0 Å². The van der Waals surface area contributed by atoms with Gasteiger partial charge in [-0.2, -0.15) is 0 Å². The molecule has 0 bridgehead atoms. The van der Waals surface area contributed by atoms with E-state index in [0.29, 0.717) is 0 Å². The highest BCUT2D eigenvalue weighted by molar-refractivity contribution is 6.26. The van der Waals surface area contributed by atoms with Crippen molar-refractivity contribution < 1.29 is 0 Å². The lowest BCUT2D eigenvalue weighted by molar-refractivity contribution is 1.61. The normalized spacial score (nSPS) is 11.8. The SMILES string of the molecule is c1ccc(-c2ccc(-c3c4ccccc4c(-c4ccc(-c5ccc6ccc7cccc8ccc5c6c78)cc4)c4ccccc34)cc2)cc1. The van der Waals surface area contributed by atoms with Crippen LogP contribution in [-0.2, 0) is 0 Å². The van der Waals surface area contributed by atoms with E-state index in [0.717, 1.165) is 0 Å². The maximum Gasteiger partial charge on any atom is -0.00206 e. The van der Waals surface area contributed by atoms with Gasteiger partial charge in [-0.15, -0.1) is 0 Å². The van der Waals surface area contributed by atoms with Crippen LogP contribution in [0.1, 0.15) is 0 Å². The van der Waals surface area contributed by atoms with Crippen molar-refractivity contribution in [3.05, 3.63) is 182 Å². The van der Waals surface area contributed by atoms with Gasteiger partial charge < -0.3 is 0 Å². The van der Waals surface area contributed by atoms with E-state index in [4.69, 9.17) is 0 Å². The van der Waals surface area contributed by atoms with Gasteiger partial charge in [0.1, 0.15) is 0 Å². The minimum Gasteiger partial charge on any atom is -0.0622 e. The van der Waals surface area contributed by atoms with Gasteiger partial charge in [-0.05, 0) is 98.4 Å². The van der Waals surface area contributed by atoms with E-state index in [-0.39, 0.29) is 0 Å². The molecule has 0 amide bonds. The molecule has 10 rings (SSSR count). The van der Waals surface area contributed by atoms with Crippen LogP contribution in [-0.4, -0.2) is 0 Å². The molecule has 0 aromatic heterocycles. The number of rotatable bonds is 4. The molecule has 10 aromatic rings. The van der Waals surface area contributed by atoms with Crippen LogP contribution in [0.5, 0.6) is 0 Å². The summed E-state index contributed by atoms with van der Waals surface area (Å²) in [7, 11) is 0. The lowest BCUT2D eigenvalue weighted by atomic mass is 9.85. The van der Waals surface area contributed by atoms with Crippen LogP contribution in [0.3, 0.4) is 0 Å². The Morgan fingerprint density at radius 2 is 0.625 bits per heavy atom. The van der Waals surface area contributed by atoms with Crippen molar-refractivity contribution in [3.8, 4) is 44.5 Å². The van der Waals surface area contributed by atoms with Crippen molar-refractivity contribution in [2.24, 2.45) is 0 Å². The first-order valence-corrected chi connectivity index (χ1v) is 16.7. The molecule has 0 aliphatic heterocycles. The van der Waals surface area contributed by atoms with Gasteiger partial charge in [0.15, 0.2) is 0 Å². The molecule has 0 nitrogen and oxygen atoms in total. The summed E-state index contributed by atoms with van der Waals surface area (Å²) in [6.45, 7) is 0. The molecule has 0 aliphatic rings. The molecular weight excluding hydrogens is 577 g/mol. The van der Waals surface area contributed by atoms with Crippen molar-refractivity contribution in [2.75, 3.05) is 0 Å². The maximum absolute atomic E-state index is 2.32. The van der Waals surface area contributed by atoms with E-state index in [2.05, 4.69) is 182 Å². The minimum atomic E-state index is 1.23. The third-order valence-corrected chi connectivity index (χ3v) is 10.2. The highest BCUT2D eigenvalue weighted by Gasteiger charge is 2.17. The third-order valence-electron chi connectivity index (χ3n) is 10.2. The van der Waals surface area contributed by atoms with Crippen molar-refractivity contribution in [1.29, 1.82) is 0 Å². The molecule has 48 heavy (non-hydrogen) atoms. The van der Waals surface area contributed by atoms with Gasteiger partial charge in [0.05, 0.1) is 0 Å². The zero-order valence-electron chi connectivity index (χ0n) is 26.3. The first-order chi connectivity index (χ1) is 23.8. The average molecular weight is 607 g/mol. The molecule has 0 heteroatoms. The number of benzene rings is 10. The molecule has 0 fully saturated rings. The molecule has 222 valence electrons. The molecule has 0 aliphatic carbocycles. The topological polar surface area (TPSA) is 0 Å². The maximum atomic E-state index is 2.32. The van der Waals surface area contributed by atoms with Gasteiger partial charge >= 0.3 is 0 Å². The predicted octanol–water partition coefficient (Wildman–Crippen LogP) is 13.6. The fourth-order valence-corrected chi connectivity index (χ4v) is 8.01. The van der Waals surface area contributed by atoms with Crippen molar-refractivity contribution in [2.45, 2.75) is 0 Å². The summed E-state index contributed by atoms with van der Waals surface area (Å²) in [5.74, 6) is 0. The minimum absolute atomic E-state index is 1.23. The van der Waals surface area contributed by atoms with Crippen LogP contribution < -0.4 is 0 Å². The number of hydrogen-bond donors (Lipinski definition) is 0. The van der Waals surface area contributed by atoms with E-state index in [9.17, 15) is 0 Å². The van der Waals surface area contributed by atoms with Crippen LogP contribution in [0, 0.1) is 0 Å². The average Bonchev–Trinajstić information content (AvgIpc) is 3.16. The Bertz CT molecular complexity index is 2710. The predicted molar refractivity (Wildman–Crippen MR) is 207 cm³/mol. The molecule has 0 unspecified atom stereocenters. The third kappa shape index (κ3) is 4.10. The van der Waals surface area contributed by atoms with E-state index in [1.165, 1.54) is 98.4 Å². The fourth-order valence-electron chi connectivity index (χ4n) is 8.01. The molecule has 0 saturated heterocycles. The zero-order valence-corrected chi connectivity index (χ0v) is 26.3. The lowest BCUT2D eigenvalue weighted by Crippen LogP contribution is -1.91. The van der Waals surface area contributed by atoms with Gasteiger partial charge in [0, 0.05) is 0 Å². The van der Waals surface area contributed by atoms with Crippen LogP contribution in [0.15, 0.2) is 182 Å². The van der Waals surface area contributed by atoms with E-state index < -0.39 is 0 Å². The van der Waals surface area contributed by atoms with Crippen molar-refractivity contribution in [3.63, 3.8) is 0 Å². The Morgan fingerprint density at radius 3 is 1.19 bits per heavy atom. The standard InChI is InChI=1S/C48H30/c1-2-9-31(10-3-1)32-17-21-36(22-18-32)46-40-13-4-6-15-42(40)47(43-16-7-5-14-41(43)46)37-23-19-33(20-24-37)39-29-27-38-26-25-34-11-8-12-35-28-30-44(39)48(38)45(34)35/h1-30H. The second-order valence-electron chi connectivity index (χ2n) is 12.8. The fraction of sp³-hybridized carbons (Fsp3) is 0. The Hall–Kier alpha value is -6.24. The van der Waals surface area contributed by atoms with E-state index >= 15 is 0 Å². The van der Waals surface area contributed by atoms with Crippen LogP contribution in [0.4, 0.5) is 0 Å². The highest BCUT2D eigenvalue weighted by atomic mass is 14.2. The molecule has 0 saturated carbocycles. The summed E-state index contributed by atoms with van der Waals surface area (Å²) >= 11 is 0. The number of fused-ring (bicyclic) bond motifs is 2. The highest BCUT2D eigenvalue weighted by Crippen LogP contribution is 2.45. The zero-order chi connectivity index (χ0) is 31.6. The van der Waals surface area contributed by atoms with Crippen LogP contribution in [0.2, 0.25) is 0 Å². The summed E-state index contributed by atoms with van der Waals surface area (Å²) in [6.07, 6.45) is 0. The van der Waals surface area contributed by atoms with Crippen LogP contribution >= 0.6 is 0 Å². The Labute approximate surface area is 279 Å². The van der Waals surface area contributed by atoms with Gasteiger partial charge in [-0.25, -0.2) is 0 Å². The second-order valence-corrected chi connectivity index (χ2v) is 12.8. The first-order valence-electron chi connectivity index (χ1n) is 16.7. The molecular formula is C48H30. The summed E-state index contributed by atoms with van der Waals surface area (Å²) in [5, 5.41) is 13.0. The number of hydrogen-bond acceptors (Lipinski definition) is 0. The van der Waals surface area contributed by atoms with Crippen LogP contribution in [0.25, 0.3) is 98.4 Å².